The number of nitrogens with zero attached hydrogens (tertiary/aromatic N) is 1. The van der Waals surface area contributed by atoms with E-state index < -0.39 is 17.8 Å². The van der Waals surface area contributed by atoms with Gasteiger partial charge in [-0.15, -0.1) is 0 Å². The number of carbonyl (C=O) groups is 3. The highest BCUT2D eigenvalue weighted by atomic mass is 79.9. The number of urea groups is 1. The number of barbiturate groups is 1. The van der Waals surface area contributed by atoms with E-state index in [-0.39, 0.29) is 24.0 Å². The smallest absolute Gasteiger partial charge is 0.331 e. The van der Waals surface area contributed by atoms with E-state index in [9.17, 15) is 18.8 Å². The standard InChI is InChI=1S/C24H22BrFN2O4/c25-17-9-10-21(32-14-15-5-4-6-18(26)11-15)16(12-17)13-20-22(29)27-24(31)28(23(20)30)19-7-2-1-3-8-19/h4-6,9-13,19H,1-3,7-8,14H2,(H,27,29,31). The lowest BCUT2D eigenvalue weighted by atomic mass is 9.93. The number of carbonyl (C=O) groups excluding carboxylic acids is 3. The van der Waals surface area contributed by atoms with Gasteiger partial charge >= 0.3 is 6.03 Å². The van der Waals surface area contributed by atoms with Gasteiger partial charge in [-0.1, -0.05) is 47.3 Å². The van der Waals surface area contributed by atoms with Crippen molar-refractivity contribution in [3.8, 4) is 5.75 Å². The summed E-state index contributed by atoms with van der Waals surface area (Å²) >= 11 is 3.40. The Kier molecular flexibility index (Phi) is 6.69. The van der Waals surface area contributed by atoms with E-state index in [0.29, 0.717) is 16.9 Å². The summed E-state index contributed by atoms with van der Waals surface area (Å²) in [7, 11) is 0. The third-order valence-electron chi connectivity index (χ3n) is 5.63. The first kappa shape index (κ1) is 22.2. The molecule has 1 heterocycles. The second-order valence-corrected chi connectivity index (χ2v) is 8.80. The predicted octanol–water partition coefficient (Wildman–Crippen LogP) is 4.96. The second-order valence-electron chi connectivity index (χ2n) is 7.89. The molecule has 1 N–H and O–H groups in total. The summed E-state index contributed by atoms with van der Waals surface area (Å²) in [5.41, 5.74) is 1.02. The van der Waals surface area contributed by atoms with Gasteiger partial charge < -0.3 is 4.74 Å². The van der Waals surface area contributed by atoms with Crippen LogP contribution in [0.5, 0.6) is 5.75 Å². The molecule has 0 unspecified atom stereocenters. The number of nitrogens with one attached hydrogen (secondary N) is 1. The van der Waals surface area contributed by atoms with Crippen LogP contribution in [0.4, 0.5) is 9.18 Å². The summed E-state index contributed by atoms with van der Waals surface area (Å²) in [4.78, 5) is 39.2. The molecule has 1 aliphatic heterocycles. The highest BCUT2D eigenvalue weighted by molar-refractivity contribution is 9.10. The number of hydrogen-bond donors (Lipinski definition) is 1. The van der Waals surface area contributed by atoms with Crippen LogP contribution in [0.3, 0.4) is 0 Å². The summed E-state index contributed by atoms with van der Waals surface area (Å²) in [6, 6.07) is 10.4. The van der Waals surface area contributed by atoms with Crippen LogP contribution in [-0.2, 0) is 16.2 Å². The molecule has 1 aliphatic carbocycles. The fourth-order valence-corrected chi connectivity index (χ4v) is 4.43. The van der Waals surface area contributed by atoms with E-state index in [2.05, 4.69) is 21.2 Å². The summed E-state index contributed by atoms with van der Waals surface area (Å²) in [5, 5.41) is 2.29. The van der Waals surface area contributed by atoms with Gasteiger partial charge in [-0.3, -0.25) is 19.8 Å². The average molecular weight is 501 g/mol. The van der Waals surface area contributed by atoms with Crippen molar-refractivity contribution in [3.63, 3.8) is 0 Å². The molecule has 2 aromatic rings. The Morgan fingerprint density at radius 3 is 2.62 bits per heavy atom. The van der Waals surface area contributed by atoms with Gasteiger partial charge in [0, 0.05) is 16.1 Å². The molecule has 4 rings (SSSR count). The second kappa shape index (κ2) is 9.65. The third-order valence-corrected chi connectivity index (χ3v) is 6.12. The van der Waals surface area contributed by atoms with Crippen molar-refractivity contribution in [2.24, 2.45) is 0 Å². The van der Waals surface area contributed by atoms with Crippen molar-refractivity contribution in [1.82, 2.24) is 10.2 Å². The molecular weight excluding hydrogens is 479 g/mol. The fraction of sp³-hybridized carbons (Fsp3) is 0.292. The molecule has 0 spiro atoms. The Labute approximate surface area is 193 Å². The van der Waals surface area contributed by atoms with Crippen molar-refractivity contribution in [3.05, 3.63) is 69.5 Å². The van der Waals surface area contributed by atoms with Crippen molar-refractivity contribution in [2.75, 3.05) is 0 Å². The van der Waals surface area contributed by atoms with Gasteiger partial charge in [0.05, 0.1) is 0 Å². The number of amides is 4. The maximum absolute atomic E-state index is 13.5. The van der Waals surface area contributed by atoms with Crippen molar-refractivity contribution in [2.45, 2.75) is 44.8 Å². The molecule has 0 atom stereocenters. The number of imide groups is 2. The molecule has 1 saturated heterocycles. The molecule has 0 bridgehead atoms. The lowest BCUT2D eigenvalue weighted by molar-refractivity contribution is -0.132. The highest BCUT2D eigenvalue weighted by Gasteiger charge is 2.40. The topological polar surface area (TPSA) is 75.7 Å². The summed E-state index contributed by atoms with van der Waals surface area (Å²) in [6.45, 7) is 0.113. The van der Waals surface area contributed by atoms with Gasteiger partial charge in [0.25, 0.3) is 11.8 Å². The Morgan fingerprint density at radius 1 is 1.09 bits per heavy atom. The first-order chi connectivity index (χ1) is 15.4. The number of ether oxygens (including phenoxy) is 1. The van der Waals surface area contributed by atoms with E-state index in [1.807, 2.05) is 0 Å². The van der Waals surface area contributed by atoms with Crippen LogP contribution in [0, 0.1) is 5.82 Å². The van der Waals surface area contributed by atoms with E-state index in [4.69, 9.17) is 4.74 Å². The normalized spacial score (nSPS) is 18.8. The lowest BCUT2D eigenvalue weighted by Gasteiger charge is -2.35. The predicted molar refractivity (Wildman–Crippen MR) is 120 cm³/mol. The summed E-state index contributed by atoms with van der Waals surface area (Å²) in [6.07, 6.45) is 5.87. The number of hydrogen-bond acceptors (Lipinski definition) is 4. The zero-order valence-corrected chi connectivity index (χ0v) is 18.9. The monoisotopic (exact) mass is 500 g/mol. The summed E-state index contributed by atoms with van der Waals surface area (Å²) in [5.74, 6) is -1.27. The molecule has 4 amide bonds. The zero-order chi connectivity index (χ0) is 22.7. The van der Waals surface area contributed by atoms with Crippen molar-refractivity contribution < 1.29 is 23.5 Å². The minimum Gasteiger partial charge on any atom is -0.488 e. The molecule has 2 aromatic carbocycles. The zero-order valence-electron chi connectivity index (χ0n) is 17.3. The van der Waals surface area contributed by atoms with Gasteiger partial charge in [0.1, 0.15) is 23.7 Å². The van der Waals surface area contributed by atoms with Crippen molar-refractivity contribution >= 4 is 39.9 Å². The van der Waals surface area contributed by atoms with Gasteiger partial charge in [0.15, 0.2) is 0 Å². The molecule has 8 heteroatoms. The van der Waals surface area contributed by atoms with E-state index >= 15 is 0 Å². The fourth-order valence-electron chi connectivity index (χ4n) is 4.05. The van der Waals surface area contributed by atoms with Crippen LogP contribution in [0.15, 0.2) is 52.5 Å². The Hall–Kier alpha value is -3.00. The quantitative estimate of drug-likeness (QED) is 0.464. The first-order valence-corrected chi connectivity index (χ1v) is 11.3. The lowest BCUT2D eigenvalue weighted by Crippen LogP contribution is -2.58. The average Bonchev–Trinajstić information content (AvgIpc) is 2.77. The Balaban J connectivity index is 1.62. The van der Waals surface area contributed by atoms with E-state index in [1.165, 1.54) is 23.1 Å². The molecule has 2 fully saturated rings. The molecule has 1 saturated carbocycles. The van der Waals surface area contributed by atoms with Gasteiger partial charge in [-0.2, -0.15) is 0 Å². The molecule has 0 aromatic heterocycles. The van der Waals surface area contributed by atoms with Crippen LogP contribution in [0.1, 0.15) is 43.2 Å². The molecular formula is C24H22BrFN2O4. The molecule has 2 aliphatic rings. The molecule has 0 radical (unpaired) electrons. The third kappa shape index (κ3) is 4.91. The highest BCUT2D eigenvalue weighted by Crippen LogP contribution is 2.30. The van der Waals surface area contributed by atoms with E-state index in [0.717, 1.165) is 36.6 Å². The molecule has 32 heavy (non-hydrogen) atoms. The van der Waals surface area contributed by atoms with Crippen LogP contribution >= 0.6 is 15.9 Å². The number of benzene rings is 2. The molecule has 6 nitrogen and oxygen atoms in total. The Bertz CT molecular complexity index is 1100. The van der Waals surface area contributed by atoms with Crippen LogP contribution in [0.25, 0.3) is 6.08 Å². The molecule has 166 valence electrons. The van der Waals surface area contributed by atoms with Crippen LogP contribution < -0.4 is 10.1 Å². The maximum Gasteiger partial charge on any atom is 0.331 e. The largest absolute Gasteiger partial charge is 0.488 e. The van der Waals surface area contributed by atoms with Crippen LogP contribution in [0.2, 0.25) is 0 Å². The minimum atomic E-state index is -0.733. The van der Waals surface area contributed by atoms with Gasteiger partial charge in [0.2, 0.25) is 0 Å². The van der Waals surface area contributed by atoms with Crippen LogP contribution in [-0.4, -0.2) is 28.8 Å². The Morgan fingerprint density at radius 2 is 1.88 bits per heavy atom. The van der Waals surface area contributed by atoms with Gasteiger partial charge in [-0.25, -0.2) is 9.18 Å². The first-order valence-electron chi connectivity index (χ1n) is 10.5. The maximum atomic E-state index is 13.5. The number of halogens is 2. The van der Waals surface area contributed by atoms with Crippen molar-refractivity contribution in [1.29, 1.82) is 0 Å². The summed E-state index contributed by atoms with van der Waals surface area (Å²) < 4.78 is 20.0. The number of rotatable bonds is 5. The SMILES string of the molecule is O=C1NC(=O)N(C2CCCCC2)C(=O)C1=Cc1cc(Br)ccc1OCc1cccc(F)c1. The minimum absolute atomic E-state index is 0.113. The van der Waals surface area contributed by atoms with Gasteiger partial charge in [-0.05, 0) is 54.8 Å². The van der Waals surface area contributed by atoms with E-state index in [1.54, 1.807) is 30.3 Å².